The van der Waals surface area contributed by atoms with E-state index in [4.69, 9.17) is 9.26 Å². The Morgan fingerprint density at radius 1 is 1.18 bits per heavy atom. The Kier molecular flexibility index (Phi) is 5.10. The van der Waals surface area contributed by atoms with Crippen LogP contribution in [0.25, 0.3) is 11.3 Å². The van der Waals surface area contributed by atoms with Gasteiger partial charge < -0.3 is 19.9 Å². The van der Waals surface area contributed by atoms with Crippen molar-refractivity contribution in [2.24, 2.45) is 0 Å². The molecule has 28 heavy (non-hydrogen) atoms. The van der Waals surface area contributed by atoms with Gasteiger partial charge in [-0.25, -0.2) is 9.78 Å². The number of carbonyl (C=O) groups is 1. The van der Waals surface area contributed by atoms with Gasteiger partial charge in [-0.3, -0.25) is 0 Å². The maximum Gasteiger partial charge on any atom is 0.320 e. The fraction of sp³-hybridized carbons (Fsp3) is 0.368. The molecule has 0 bridgehead atoms. The van der Waals surface area contributed by atoms with Crippen molar-refractivity contribution in [2.75, 3.05) is 18.5 Å². The molecule has 1 aliphatic rings. The van der Waals surface area contributed by atoms with Gasteiger partial charge in [0, 0.05) is 37.0 Å². The Bertz CT molecular complexity index is 977. The number of aromatic nitrogens is 3. The molecule has 4 rings (SSSR count). The molecule has 2 amide bonds. The van der Waals surface area contributed by atoms with Crippen LogP contribution >= 0.6 is 11.3 Å². The Morgan fingerprint density at radius 3 is 2.64 bits per heavy atom. The number of rotatable bonds is 4. The first-order valence-corrected chi connectivity index (χ1v) is 9.93. The average Bonchev–Trinajstić information content (AvgIpc) is 3.31. The van der Waals surface area contributed by atoms with Crippen LogP contribution < -0.4 is 10.6 Å². The fourth-order valence-electron chi connectivity index (χ4n) is 3.28. The smallest absolute Gasteiger partial charge is 0.320 e. The van der Waals surface area contributed by atoms with Gasteiger partial charge in [0.15, 0.2) is 5.82 Å². The molecule has 2 N–H and O–H groups in total. The van der Waals surface area contributed by atoms with E-state index in [-0.39, 0.29) is 6.03 Å². The van der Waals surface area contributed by atoms with Crippen LogP contribution in [0.15, 0.2) is 34.2 Å². The number of benzene rings is 1. The van der Waals surface area contributed by atoms with Crippen LogP contribution in [0.4, 0.5) is 10.5 Å². The first-order chi connectivity index (χ1) is 13.6. The SMILES string of the molecule is Cc1noc(C2(NC(=O)Nc3ccccc3-c3csc(C)n3)CCOCC2)n1. The average molecular weight is 399 g/mol. The number of hydrogen-bond donors (Lipinski definition) is 2. The number of para-hydroxylation sites is 1. The minimum absolute atomic E-state index is 0.336. The number of urea groups is 1. The van der Waals surface area contributed by atoms with Crippen LogP contribution in [-0.4, -0.2) is 34.4 Å². The van der Waals surface area contributed by atoms with Crippen molar-refractivity contribution < 1.29 is 14.1 Å². The lowest BCUT2D eigenvalue weighted by molar-refractivity contribution is 0.0285. The Hall–Kier alpha value is -2.78. The monoisotopic (exact) mass is 399 g/mol. The Labute approximate surface area is 166 Å². The second-order valence-corrected chi connectivity index (χ2v) is 7.78. The molecule has 1 aromatic carbocycles. The third-order valence-corrected chi connectivity index (χ3v) is 5.48. The lowest BCUT2D eigenvalue weighted by atomic mass is 9.90. The number of carbonyl (C=O) groups excluding carboxylic acids is 1. The zero-order valence-corrected chi connectivity index (χ0v) is 16.5. The summed E-state index contributed by atoms with van der Waals surface area (Å²) in [5, 5.41) is 12.8. The molecule has 0 unspecified atom stereocenters. The van der Waals surface area contributed by atoms with Crippen molar-refractivity contribution in [3.8, 4) is 11.3 Å². The number of nitrogens with one attached hydrogen (secondary N) is 2. The van der Waals surface area contributed by atoms with E-state index in [0.29, 0.717) is 43.5 Å². The zero-order chi connectivity index (χ0) is 19.6. The van der Waals surface area contributed by atoms with Crippen molar-refractivity contribution in [3.63, 3.8) is 0 Å². The van der Waals surface area contributed by atoms with E-state index in [1.54, 1.807) is 18.3 Å². The minimum atomic E-state index is -0.740. The summed E-state index contributed by atoms with van der Waals surface area (Å²) in [7, 11) is 0. The normalized spacial score (nSPS) is 15.9. The molecule has 3 aromatic rings. The van der Waals surface area contributed by atoms with Crippen molar-refractivity contribution in [3.05, 3.63) is 46.4 Å². The Morgan fingerprint density at radius 2 is 1.96 bits per heavy atom. The Balaban J connectivity index is 1.57. The van der Waals surface area contributed by atoms with Crippen LogP contribution in [-0.2, 0) is 10.3 Å². The standard InChI is InChI=1S/C19H21N5O3S/c1-12-20-17(27-24-12)19(7-9-26-10-8-19)23-18(25)22-15-6-4-3-5-14(15)16-11-28-13(2)21-16/h3-6,11H,7-10H2,1-2H3,(H2,22,23,25). The third kappa shape index (κ3) is 3.76. The molecule has 1 fully saturated rings. The van der Waals surface area contributed by atoms with Gasteiger partial charge in [0.25, 0.3) is 5.89 Å². The van der Waals surface area contributed by atoms with E-state index in [1.807, 2.05) is 36.6 Å². The van der Waals surface area contributed by atoms with Gasteiger partial charge in [0.05, 0.1) is 16.4 Å². The number of aryl methyl sites for hydroxylation is 2. The number of hydrogen-bond acceptors (Lipinski definition) is 7. The molecule has 146 valence electrons. The molecule has 2 aromatic heterocycles. The predicted molar refractivity (Wildman–Crippen MR) is 105 cm³/mol. The van der Waals surface area contributed by atoms with Crippen molar-refractivity contribution in [1.29, 1.82) is 0 Å². The molecular weight excluding hydrogens is 378 g/mol. The van der Waals surface area contributed by atoms with Crippen LogP contribution in [0.5, 0.6) is 0 Å². The molecular formula is C19H21N5O3S. The summed E-state index contributed by atoms with van der Waals surface area (Å²) >= 11 is 1.57. The third-order valence-electron chi connectivity index (χ3n) is 4.71. The van der Waals surface area contributed by atoms with Gasteiger partial charge in [-0.1, -0.05) is 23.4 Å². The second-order valence-electron chi connectivity index (χ2n) is 6.72. The molecule has 0 saturated carbocycles. The first-order valence-electron chi connectivity index (χ1n) is 9.05. The van der Waals surface area contributed by atoms with Crippen molar-refractivity contribution >= 4 is 23.1 Å². The van der Waals surface area contributed by atoms with Crippen LogP contribution in [0.1, 0.15) is 29.6 Å². The van der Waals surface area contributed by atoms with Gasteiger partial charge in [0.1, 0.15) is 5.54 Å². The number of thiazole rings is 1. The van der Waals surface area contributed by atoms with E-state index in [2.05, 4.69) is 25.8 Å². The maximum atomic E-state index is 12.9. The first kappa shape index (κ1) is 18.6. The minimum Gasteiger partial charge on any atom is -0.381 e. The van der Waals surface area contributed by atoms with Crippen LogP contribution in [0.2, 0.25) is 0 Å². The summed E-state index contributed by atoms with van der Waals surface area (Å²) in [5.74, 6) is 0.944. The summed E-state index contributed by atoms with van der Waals surface area (Å²) in [6, 6.07) is 7.27. The van der Waals surface area contributed by atoms with Crippen LogP contribution in [0.3, 0.4) is 0 Å². The molecule has 9 heteroatoms. The summed E-state index contributed by atoms with van der Waals surface area (Å²) in [5.41, 5.74) is 1.66. The highest BCUT2D eigenvalue weighted by molar-refractivity contribution is 7.09. The molecule has 0 atom stereocenters. The lowest BCUT2D eigenvalue weighted by Gasteiger charge is -2.34. The molecule has 0 radical (unpaired) electrons. The van der Waals surface area contributed by atoms with Gasteiger partial charge in [-0.2, -0.15) is 4.98 Å². The lowest BCUT2D eigenvalue weighted by Crippen LogP contribution is -2.51. The largest absolute Gasteiger partial charge is 0.381 e. The van der Waals surface area contributed by atoms with Gasteiger partial charge in [-0.05, 0) is 19.9 Å². The quantitative estimate of drug-likeness (QED) is 0.694. The fourth-order valence-corrected chi connectivity index (χ4v) is 3.89. The van der Waals surface area contributed by atoms with Crippen molar-refractivity contribution in [2.45, 2.75) is 32.2 Å². The van der Waals surface area contributed by atoms with Gasteiger partial charge in [0.2, 0.25) is 0 Å². The summed E-state index contributed by atoms with van der Waals surface area (Å²) in [6.07, 6.45) is 1.13. The highest BCUT2D eigenvalue weighted by atomic mass is 32.1. The van der Waals surface area contributed by atoms with E-state index in [1.165, 1.54) is 0 Å². The molecule has 3 heterocycles. The number of amides is 2. The molecule has 0 aliphatic carbocycles. The van der Waals surface area contributed by atoms with Crippen molar-refractivity contribution in [1.82, 2.24) is 20.4 Å². The zero-order valence-electron chi connectivity index (χ0n) is 15.7. The number of nitrogens with zero attached hydrogens (tertiary/aromatic N) is 3. The molecule has 0 spiro atoms. The summed E-state index contributed by atoms with van der Waals surface area (Å²) < 4.78 is 10.8. The maximum absolute atomic E-state index is 12.9. The highest BCUT2D eigenvalue weighted by Crippen LogP contribution is 2.32. The van der Waals surface area contributed by atoms with Gasteiger partial charge in [-0.15, -0.1) is 11.3 Å². The topological polar surface area (TPSA) is 102 Å². The van der Waals surface area contributed by atoms with Gasteiger partial charge >= 0.3 is 6.03 Å². The van der Waals surface area contributed by atoms with Crippen LogP contribution in [0, 0.1) is 13.8 Å². The number of ether oxygens (including phenoxy) is 1. The van der Waals surface area contributed by atoms with E-state index >= 15 is 0 Å². The number of anilines is 1. The molecule has 8 nitrogen and oxygen atoms in total. The second kappa shape index (κ2) is 7.69. The van der Waals surface area contributed by atoms with E-state index in [9.17, 15) is 4.79 Å². The summed E-state index contributed by atoms with van der Waals surface area (Å²) in [6.45, 7) is 4.73. The molecule has 1 saturated heterocycles. The highest BCUT2D eigenvalue weighted by Gasteiger charge is 2.41. The van der Waals surface area contributed by atoms with E-state index in [0.717, 1.165) is 16.3 Å². The summed E-state index contributed by atoms with van der Waals surface area (Å²) in [4.78, 5) is 21.8. The predicted octanol–water partition coefficient (Wildman–Crippen LogP) is 3.64. The molecule has 1 aliphatic heterocycles. The van der Waals surface area contributed by atoms with E-state index < -0.39 is 5.54 Å².